The van der Waals surface area contributed by atoms with Crippen LogP contribution < -0.4 is 14.8 Å². The molecule has 6 heteroatoms. The molecule has 0 unspecified atom stereocenters. The van der Waals surface area contributed by atoms with E-state index in [9.17, 15) is 4.39 Å². The normalized spacial score (nSPS) is 10.5. The first-order valence-electron chi connectivity index (χ1n) is 8.28. The number of ether oxygens (including phenoxy) is 2. The van der Waals surface area contributed by atoms with Gasteiger partial charge in [0, 0.05) is 17.3 Å². The molecule has 0 aliphatic carbocycles. The smallest absolute Gasteiger partial charge is 0.174 e. The van der Waals surface area contributed by atoms with E-state index in [2.05, 4.69) is 27.9 Å². The van der Waals surface area contributed by atoms with Crippen LogP contribution in [-0.2, 0) is 13.2 Å². The molecule has 0 aromatic heterocycles. The predicted octanol–water partition coefficient (Wildman–Crippen LogP) is 6.28. The van der Waals surface area contributed by atoms with E-state index in [1.807, 2.05) is 42.5 Å². The molecule has 0 amide bonds. The Labute approximate surface area is 176 Å². The summed E-state index contributed by atoms with van der Waals surface area (Å²) < 4.78 is 25.6. The number of nitrogens with one attached hydrogen (secondary N) is 1. The summed E-state index contributed by atoms with van der Waals surface area (Å²) in [4.78, 5) is 0. The van der Waals surface area contributed by atoms with Gasteiger partial charge in [0.25, 0.3) is 0 Å². The molecule has 1 N–H and O–H groups in total. The van der Waals surface area contributed by atoms with Gasteiger partial charge < -0.3 is 14.8 Å². The Kier molecular flexibility index (Phi) is 6.79. The van der Waals surface area contributed by atoms with Gasteiger partial charge in [0.2, 0.25) is 0 Å². The van der Waals surface area contributed by atoms with E-state index >= 15 is 0 Å². The number of anilines is 1. The summed E-state index contributed by atoms with van der Waals surface area (Å²) in [5.74, 6) is 1.02. The van der Waals surface area contributed by atoms with Crippen LogP contribution in [0.1, 0.15) is 11.1 Å². The van der Waals surface area contributed by atoms with Crippen molar-refractivity contribution in [3.63, 3.8) is 0 Å². The summed E-state index contributed by atoms with van der Waals surface area (Å²) in [5.41, 5.74) is 2.81. The van der Waals surface area contributed by atoms with Gasteiger partial charge in [0.05, 0.1) is 10.7 Å². The number of benzene rings is 3. The van der Waals surface area contributed by atoms with Crippen molar-refractivity contribution in [3.8, 4) is 11.5 Å². The quantitative estimate of drug-likeness (QED) is 0.390. The standard InChI is InChI=1S/C21H18ClFINO2/c1-26-20-11-15(12-25-18-7-5-16(22)6-8-18)10-19(24)21(20)27-13-14-3-2-4-17(23)9-14/h2-11,25H,12-13H2,1H3. The fourth-order valence-electron chi connectivity index (χ4n) is 2.57. The lowest BCUT2D eigenvalue weighted by Gasteiger charge is -2.15. The average Bonchev–Trinajstić information content (AvgIpc) is 2.66. The molecular weight excluding hydrogens is 480 g/mol. The van der Waals surface area contributed by atoms with Crippen molar-refractivity contribution >= 4 is 39.9 Å². The number of rotatable bonds is 7. The van der Waals surface area contributed by atoms with Crippen LogP contribution in [0, 0.1) is 9.39 Å². The molecule has 0 bridgehead atoms. The molecule has 27 heavy (non-hydrogen) atoms. The molecule has 0 radical (unpaired) electrons. The van der Waals surface area contributed by atoms with E-state index in [-0.39, 0.29) is 12.4 Å². The first kappa shape index (κ1) is 19.8. The van der Waals surface area contributed by atoms with Gasteiger partial charge in [-0.2, -0.15) is 0 Å². The van der Waals surface area contributed by atoms with Crippen molar-refractivity contribution in [1.82, 2.24) is 0 Å². The first-order chi connectivity index (χ1) is 13.0. The van der Waals surface area contributed by atoms with Gasteiger partial charge in [-0.15, -0.1) is 0 Å². The zero-order valence-corrected chi connectivity index (χ0v) is 17.6. The minimum atomic E-state index is -0.276. The van der Waals surface area contributed by atoms with Crippen molar-refractivity contribution < 1.29 is 13.9 Å². The van der Waals surface area contributed by atoms with Gasteiger partial charge in [-0.1, -0.05) is 23.7 Å². The van der Waals surface area contributed by atoms with Crippen LogP contribution in [0.5, 0.6) is 11.5 Å². The molecular formula is C21H18ClFINO2. The molecule has 3 aromatic carbocycles. The lowest BCUT2D eigenvalue weighted by atomic mass is 10.2. The topological polar surface area (TPSA) is 30.5 Å². The second-order valence-corrected chi connectivity index (χ2v) is 7.49. The summed E-state index contributed by atoms with van der Waals surface area (Å²) in [7, 11) is 1.61. The van der Waals surface area contributed by atoms with Gasteiger partial charge >= 0.3 is 0 Å². The van der Waals surface area contributed by atoms with E-state index in [1.54, 1.807) is 13.2 Å². The maximum atomic E-state index is 13.3. The van der Waals surface area contributed by atoms with Crippen LogP contribution in [0.25, 0.3) is 0 Å². The summed E-state index contributed by atoms with van der Waals surface area (Å²) >= 11 is 8.13. The van der Waals surface area contributed by atoms with Crippen LogP contribution in [0.15, 0.2) is 60.7 Å². The minimum absolute atomic E-state index is 0.270. The monoisotopic (exact) mass is 497 g/mol. The highest BCUT2D eigenvalue weighted by Crippen LogP contribution is 2.35. The Bertz CT molecular complexity index is 919. The highest BCUT2D eigenvalue weighted by Gasteiger charge is 2.12. The van der Waals surface area contributed by atoms with Crippen LogP contribution >= 0.6 is 34.2 Å². The largest absolute Gasteiger partial charge is 0.493 e. The molecule has 0 atom stereocenters. The van der Waals surface area contributed by atoms with Crippen LogP contribution in [0.3, 0.4) is 0 Å². The molecule has 0 saturated carbocycles. The lowest BCUT2D eigenvalue weighted by Crippen LogP contribution is -2.03. The number of hydrogen-bond acceptors (Lipinski definition) is 3. The third kappa shape index (κ3) is 5.49. The van der Waals surface area contributed by atoms with E-state index in [0.717, 1.165) is 20.4 Å². The third-order valence-corrected chi connectivity index (χ3v) is 4.96. The molecule has 3 nitrogen and oxygen atoms in total. The van der Waals surface area contributed by atoms with Crippen LogP contribution in [-0.4, -0.2) is 7.11 Å². The third-order valence-electron chi connectivity index (χ3n) is 3.90. The van der Waals surface area contributed by atoms with Gasteiger partial charge in [-0.3, -0.25) is 0 Å². The van der Waals surface area contributed by atoms with E-state index in [4.69, 9.17) is 21.1 Å². The highest BCUT2D eigenvalue weighted by atomic mass is 127. The zero-order chi connectivity index (χ0) is 19.2. The number of halogens is 3. The fourth-order valence-corrected chi connectivity index (χ4v) is 3.52. The molecule has 0 heterocycles. The Morgan fingerprint density at radius 2 is 1.81 bits per heavy atom. The second kappa shape index (κ2) is 9.28. The minimum Gasteiger partial charge on any atom is -0.493 e. The van der Waals surface area contributed by atoms with E-state index in [1.165, 1.54) is 12.1 Å². The molecule has 140 valence electrons. The average molecular weight is 498 g/mol. The maximum absolute atomic E-state index is 13.3. The van der Waals surface area contributed by atoms with E-state index < -0.39 is 0 Å². The number of methoxy groups -OCH3 is 1. The van der Waals surface area contributed by atoms with Crippen molar-refractivity contribution in [2.24, 2.45) is 0 Å². The molecule has 0 fully saturated rings. The Morgan fingerprint density at radius 1 is 1.04 bits per heavy atom. The first-order valence-corrected chi connectivity index (χ1v) is 9.74. The molecule has 0 aliphatic rings. The van der Waals surface area contributed by atoms with Crippen molar-refractivity contribution in [1.29, 1.82) is 0 Å². The maximum Gasteiger partial charge on any atom is 0.174 e. The Morgan fingerprint density at radius 3 is 2.52 bits per heavy atom. The Hall–Kier alpha value is -1.99. The molecule has 0 aliphatic heterocycles. The molecule has 3 aromatic rings. The van der Waals surface area contributed by atoms with Gasteiger partial charge in [-0.05, 0) is 82.2 Å². The van der Waals surface area contributed by atoms with Gasteiger partial charge in [-0.25, -0.2) is 4.39 Å². The SMILES string of the molecule is COc1cc(CNc2ccc(Cl)cc2)cc(I)c1OCc1cccc(F)c1. The van der Waals surface area contributed by atoms with Crippen LogP contribution in [0.4, 0.5) is 10.1 Å². The number of hydrogen-bond donors (Lipinski definition) is 1. The molecule has 0 saturated heterocycles. The van der Waals surface area contributed by atoms with Gasteiger partial charge in [0.15, 0.2) is 11.5 Å². The summed E-state index contributed by atoms with van der Waals surface area (Å²) in [6, 6.07) is 17.9. The summed E-state index contributed by atoms with van der Waals surface area (Å²) in [6.45, 7) is 0.907. The Balaban J connectivity index is 1.71. The van der Waals surface area contributed by atoms with Crippen molar-refractivity contribution in [3.05, 3.63) is 86.2 Å². The highest BCUT2D eigenvalue weighted by molar-refractivity contribution is 14.1. The zero-order valence-electron chi connectivity index (χ0n) is 14.6. The molecule has 3 rings (SSSR count). The van der Waals surface area contributed by atoms with Crippen LogP contribution in [0.2, 0.25) is 5.02 Å². The van der Waals surface area contributed by atoms with Crippen molar-refractivity contribution in [2.75, 3.05) is 12.4 Å². The summed E-state index contributed by atoms with van der Waals surface area (Å²) in [6.07, 6.45) is 0. The predicted molar refractivity (Wildman–Crippen MR) is 115 cm³/mol. The lowest BCUT2D eigenvalue weighted by molar-refractivity contribution is 0.281. The second-order valence-electron chi connectivity index (χ2n) is 5.89. The fraction of sp³-hybridized carbons (Fsp3) is 0.143. The molecule has 0 spiro atoms. The van der Waals surface area contributed by atoms with Crippen molar-refractivity contribution in [2.45, 2.75) is 13.2 Å². The summed E-state index contributed by atoms with van der Waals surface area (Å²) in [5, 5.41) is 4.06. The van der Waals surface area contributed by atoms with E-state index in [0.29, 0.717) is 23.1 Å². The van der Waals surface area contributed by atoms with Gasteiger partial charge in [0.1, 0.15) is 12.4 Å².